The fraction of sp³-hybridized carbons (Fsp3) is 0.538. The minimum absolute atomic E-state index is 0.106. The summed E-state index contributed by atoms with van der Waals surface area (Å²) in [7, 11) is 0. The molecule has 0 heterocycles. The highest BCUT2D eigenvalue weighted by atomic mass is 19.1. The molecule has 1 aromatic rings. The first-order chi connectivity index (χ1) is 7.09. The van der Waals surface area contributed by atoms with Gasteiger partial charge in [-0.25, -0.2) is 4.39 Å². The lowest BCUT2D eigenvalue weighted by atomic mass is 9.74. The van der Waals surface area contributed by atoms with Gasteiger partial charge >= 0.3 is 0 Å². The first-order valence-electron chi connectivity index (χ1n) is 5.65. The van der Waals surface area contributed by atoms with E-state index < -0.39 is 0 Å². The van der Waals surface area contributed by atoms with Crippen LogP contribution >= 0.6 is 0 Å². The van der Waals surface area contributed by atoms with Crippen LogP contribution in [0.2, 0.25) is 0 Å². The summed E-state index contributed by atoms with van der Waals surface area (Å²) in [6.07, 6.45) is 3.09. The Bertz CT molecular complexity index is 321. The molecule has 15 heavy (non-hydrogen) atoms. The molecule has 0 saturated carbocycles. The van der Waals surface area contributed by atoms with Gasteiger partial charge in [-0.05, 0) is 42.4 Å². The summed E-state index contributed by atoms with van der Waals surface area (Å²) in [6.45, 7) is 6.46. The van der Waals surface area contributed by atoms with Crippen LogP contribution in [0.25, 0.3) is 0 Å². The Hall–Kier alpha value is -1.05. The van der Waals surface area contributed by atoms with Gasteiger partial charge in [0.25, 0.3) is 0 Å². The number of nitrogen functional groups attached to an aromatic ring is 1. The van der Waals surface area contributed by atoms with Gasteiger partial charge in [0.2, 0.25) is 0 Å². The average molecular weight is 209 g/mol. The van der Waals surface area contributed by atoms with Crippen molar-refractivity contribution in [1.29, 1.82) is 0 Å². The number of hydrogen-bond donors (Lipinski definition) is 1. The van der Waals surface area contributed by atoms with Gasteiger partial charge in [0.1, 0.15) is 5.82 Å². The van der Waals surface area contributed by atoms with Gasteiger partial charge in [0.05, 0.1) is 5.69 Å². The summed E-state index contributed by atoms with van der Waals surface area (Å²) in [5.41, 5.74) is 6.89. The highest BCUT2D eigenvalue weighted by Crippen LogP contribution is 2.35. The van der Waals surface area contributed by atoms with E-state index in [1.807, 2.05) is 6.07 Å². The maximum atomic E-state index is 13.4. The van der Waals surface area contributed by atoms with E-state index in [1.165, 1.54) is 0 Å². The Morgan fingerprint density at radius 1 is 1.13 bits per heavy atom. The van der Waals surface area contributed by atoms with Crippen LogP contribution in [0.1, 0.15) is 45.6 Å². The Balaban J connectivity index is 3.17. The van der Waals surface area contributed by atoms with Crippen molar-refractivity contribution in [3.05, 3.63) is 29.6 Å². The largest absolute Gasteiger partial charge is 0.396 e. The van der Waals surface area contributed by atoms with Crippen molar-refractivity contribution in [1.82, 2.24) is 0 Å². The molecule has 0 aliphatic heterocycles. The predicted octanol–water partition coefficient (Wildman–Crippen LogP) is 3.88. The second-order valence-electron chi connectivity index (χ2n) is 4.08. The van der Waals surface area contributed by atoms with E-state index in [0.29, 0.717) is 0 Å². The summed E-state index contributed by atoms with van der Waals surface area (Å²) in [5, 5.41) is 0. The number of nitrogens with two attached hydrogens (primary N) is 1. The van der Waals surface area contributed by atoms with Gasteiger partial charge in [-0.2, -0.15) is 0 Å². The van der Waals surface area contributed by atoms with E-state index >= 15 is 0 Å². The van der Waals surface area contributed by atoms with Gasteiger partial charge < -0.3 is 5.73 Å². The fourth-order valence-electron chi connectivity index (χ4n) is 2.22. The molecule has 1 nitrogen and oxygen atoms in total. The monoisotopic (exact) mass is 209 g/mol. The lowest BCUT2D eigenvalue weighted by molar-refractivity contribution is 0.380. The van der Waals surface area contributed by atoms with Gasteiger partial charge in [-0.15, -0.1) is 0 Å². The van der Waals surface area contributed by atoms with Crippen molar-refractivity contribution in [2.24, 2.45) is 0 Å². The molecule has 0 aromatic heterocycles. The average Bonchev–Trinajstić information content (AvgIpc) is 2.26. The van der Waals surface area contributed by atoms with Crippen LogP contribution in [-0.4, -0.2) is 0 Å². The SMILES string of the molecule is CCC(CC)(CC)c1ccc(N)c(F)c1. The predicted molar refractivity (Wildman–Crippen MR) is 63.4 cm³/mol. The van der Waals surface area contributed by atoms with E-state index in [9.17, 15) is 4.39 Å². The molecule has 1 aromatic carbocycles. The molecule has 0 radical (unpaired) electrons. The minimum atomic E-state index is -0.299. The first kappa shape index (κ1) is 12.0. The van der Waals surface area contributed by atoms with Crippen molar-refractivity contribution < 1.29 is 4.39 Å². The van der Waals surface area contributed by atoms with Crippen molar-refractivity contribution in [3.63, 3.8) is 0 Å². The maximum absolute atomic E-state index is 13.4. The molecular formula is C13H20FN. The maximum Gasteiger partial charge on any atom is 0.146 e. The van der Waals surface area contributed by atoms with Crippen LogP contribution in [0.5, 0.6) is 0 Å². The van der Waals surface area contributed by atoms with Crippen LogP contribution in [0.4, 0.5) is 10.1 Å². The number of halogens is 1. The smallest absolute Gasteiger partial charge is 0.146 e. The zero-order chi connectivity index (χ0) is 11.5. The molecular weight excluding hydrogens is 189 g/mol. The highest BCUT2D eigenvalue weighted by molar-refractivity contribution is 5.43. The second-order valence-corrected chi connectivity index (χ2v) is 4.08. The summed E-state index contributed by atoms with van der Waals surface area (Å²) < 4.78 is 13.4. The number of rotatable bonds is 4. The standard InChI is InChI=1S/C13H20FN/c1-4-13(5-2,6-3)10-7-8-12(15)11(14)9-10/h7-9H,4-6,15H2,1-3H3. The zero-order valence-electron chi connectivity index (χ0n) is 9.81. The molecule has 0 atom stereocenters. The van der Waals surface area contributed by atoms with E-state index in [2.05, 4.69) is 20.8 Å². The first-order valence-corrected chi connectivity index (χ1v) is 5.65. The molecule has 0 aliphatic carbocycles. The molecule has 0 amide bonds. The van der Waals surface area contributed by atoms with E-state index in [1.54, 1.807) is 12.1 Å². The molecule has 0 unspecified atom stereocenters. The van der Waals surface area contributed by atoms with Gasteiger partial charge in [0, 0.05) is 0 Å². The Morgan fingerprint density at radius 2 is 1.67 bits per heavy atom. The zero-order valence-corrected chi connectivity index (χ0v) is 9.81. The molecule has 2 N–H and O–H groups in total. The van der Waals surface area contributed by atoms with Crippen LogP contribution in [0.15, 0.2) is 18.2 Å². The van der Waals surface area contributed by atoms with E-state index in [0.717, 1.165) is 24.8 Å². The molecule has 2 heteroatoms. The quantitative estimate of drug-likeness (QED) is 0.748. The third-order valence-electron chi connectivity index (χ3n) is 3.64. The van der Waals surface area contributed by atoms with Crippen molar-refractivity contribution >= 4 is 5.69 Å². The molecule has 0 bridgehead atoms. The Labute approximate surface area is 91.5 Å². The Morgan fingerprint density at radius 3 is 2.07 bits per heavy atom. The van der Waals surface area contributed by atoms with Gasteiger partial charge in [0.15, 0.2) is 0 Å². The number of anilines is 1. The third kappa shape index (κ3) is 2.14. The fourth-order valence-corrected chi connectivity index (χ4v) is 2.22. The van der Waals surface area contributed by atoms with Crippen molar-refractivity contribution in [2.45, 2.75) is 45.4 Å². The normalized spacial score (nSPS) is 11.7. The topological polar surface area (TPSA) is 26.0 Å². The lowest BCUT2D eigenvalue weighted by Gasteiger charge is -2.31. The van der Waals surface area contributed by atoms with Crippen LogP contribution in [0.3, 0.4) is 0 Å². The number of benzene rings is 1. The van der Waals surface area contributed by atoms with Gasteiger partial charge in [-0.3, -0.25) is 0 Å². The van der Waals surface area contributed by atoms with E-state index in [4.69, 9.17) is 5.73 Å². The van der Waals surface area contributed by atoms with Crippen molar-refractivity contribution in [3.8, 4) is 0 Å². The third-order valence-corrected chi connectivity index (χ3v) is 3.64. The molecule has 0 fully saturated rings. The number of hydrogen-bond acceptors (Lipinski definition) is 1. The Kier molecular flexibility index (Phi) is 3.72. The molecule has 84 valence electrons. The molecule has 0 spiro atoms. The molecule has 0 saturated heterocycles. The minimum Gasteiger partial charge on any atom is -0.396 e. The van der Waals surface area contributed by atoms with Gasteiger partial charge in [-0.1, -0.05) is 26.8 Å². The second kappa shape index (κ2) is 4.65. The molecule has 1 rings (SSSR count). The summed E-state index contributed by atoms with van der Waals surface area (Å²) in [4.78, 5) is 0. The van der Waals surface area contributed by atoms with Crippen molar-refractivity contribution in [2.75, 3.05) is 5.73 Å². The molecule has 0 aliphatic rings. The van der Waals surface area contributed by atoms with E-state index in [-0.39, 0.29) is 16.9 Å². The van der Waals surface area contributed by atoms with Crippen LogP contribution in [0, 0.1) is 5.82 Å². The summed E-state index contributed by atoms with van der Waals surface area (Å²) in [5.74, 6) is -0.299. The summed E-state index contributed by atoms with van der Waals surface area (Å²) >= 11 is 0. The summed E-state index contributed by atoms with van der Waals surface area (Å²) in [6, 6.07) is 5.21. The lowest BCUT2D eigenvalue weighted by Crippen LogP contribution is -2.23. The van der Waals surface area contributed by atoms with Crippen LogP contribution in [-0.2, 0) is 5.41 Å². The highest BCUT2D eigenvalue weighted by Gasteiger charge is 2.26. The van der Waals surface area contributed by atoms with Crippen LogP contribution < -0.4 is 5.73 Å².